The maximum absolute atomic E-state index is 2.49. The van der Waals surface area contributed by atoms with Crippen LogP contribution in [-0.2, 0) is 0 Å². The standard InChI is InChI=1S/C46H28N2S/c1-2-14-32(15-3-1)48-40-20-10-7-17-35(40)44-37(28-43-45(46(44)48)36-18-8-11-21-42(36)49-43)31-23-25-41-38(27-31)34-16-6-9-19-39(34)47(41)33-24-22-29-12-4-5-13-30(29)26-33/h1-28H. The molecule has 11 rings (SSSR count). The van der Waals surface area contributed by atoms with Crippen LogP contribution >= 0.6 is 11.3 Å². The van der Waals surface area contributed by atoms with Gasteiger partial charge in [-0.25, -0.2) is 0 Å². The van der Waals surface area contributed by atoms with Crippen molar-refractivity contribution in [3.05, 3.63) is 170 Å². The van der Waals surface area contributed by atoms with Crippen molar-refractivity contribution >= 4 is 85.9 Å². The zero-order valence-corrected chi connectivity index (χ0v) is 27.3. The van der Waals surface area contributed by atoms with E-state index in [2.05, 4.69) is 179 Å². The summed E-state index contributed by atoms with van der Waals surface area (Å²) < 4.78 is 7.53. The summed E-state index contributed by atoms with van der Waals surface area (Å²) in [6.45, 7) is 0. The van der Waals surface area contributed by atoms with Gasteiger partial charge in [-0.1, -0.05) is 109 Å². The molecule has 0 amide bonds. The zero-order valence-electron chi connectivity index (χ0n) is 26.5. The number of thiophene rings is 1. The molecule has 228 valence electrons. The minimum absolute atomic E-state index is 1.18. The normalized spacial score (nSPS) is 12.1. The van der Waals surface area contributed by atoms with Gasteiger partial charge in [0.05, 0.1) is 22.1 Å². The van der Waals surface area contributed by atoms with Crippen molar-refractivity contribution in [2.75, 3.05) is 0 Å². The zero-order chi connectivity index (χ0) is 32.1. The third kappa shape index (κ3) is 3.82. The second-order valence-electron chi connectivity index (χ2n) is 12.9. The molecule has 0 fully saturated rings. The monoisotopic (exact) mass is 640 g/mol. The van der Waals surface area contributed by atoms with Crippen LogP contribution in [0.15, 0.2) is 170 Å². The summed E-state index contributed by atoms with van der Waals surface area (Å²) in [5.41, 5.74) is 9.78. The van der Waals surface area contributed by atoms with Gasteiger partial charge in [-0.15, -0.1) is 11.3 Å². The van der Waals surface area contributed by atoms with E-state index in [-0.39, 0.29) is 0 Å². The first-order chi connectivity index (χ1) is 24.3. The SMILES string of the molecule is c1ccc(-n2c3ccccc3c3c(-c4ccc5c(c4)c4ccccc4n5-c4ccc5ccccc5c4)cc4sc5ccccc5c4c32)cc1. The Morgan fingerprint density at radius 3 is 1.90 bits per heavy atom. The van der Waals surface area contributed by atoms with Crippen molar-refractivity contribution in [3.8, 4) is 22.5 Å². The van der Waals surface area contributed by atoms with Crippen LogP contribution in [0.3, 0.4) is 0 Å². The van der Waals surface area contributed by atoms with Crippen molar-refractivity contribution in [3.63, 3.8) is 0 Å². The molecule has 3 heteroatoms. The highest BCUT2D eigenvalue weighted by atomic mass is 32.1. The lowest BCUT2D eigenvalue weighted by atomic mass is 9.96. The third-order valence-corrected chi connectivity index (χ3v) is 11.4. The summed E-state index contributed by atoms with van der Waals surface area (Å²) in [6.07, 6.45) is 0. The van der Waals surface area contributed by atoms with E-state index in [1.54, 1.807) is 0 Å². The van der Waals surface area contributed by atoms with Gasteiger partial charge >= 0.3 is 0 Å². The Morgan fingerprint density at radius 2 is 1.04 bits per heavy atom. The predicted molar refractivity (Wildman–Crippen MR) is 211 cm³/mol. The van der Waals surface area contributed by atoms with E-state index in [1.165, 1.54) is 97.1 Å². The molecule has 0 radical (unpaired) electrons. The van der Waals surface area contributed by atoms with E-state index >= 15 is 0 Å². The molecule has 0 spiro atoms. The molecule has 2 nitrogen and oxygen atoms in total. The fourth-order valence-corrected chi connectivity index (χ4v) is 9.32. The van der Waals surface area contributed by atoms with E-state index in [0.717, 1.165) is 0 Å². The summed E-state index contributed by atoms with van der Waals surface area (Å²) in [5.74, 6) is 0. The number of nitrogens with zero attached hydrogens (tertiary/aromatic N) is 2. The van der Waals surface area contributed by atoms with Crippen LogP contribution in [0.25, 0.3) is 97.1 Å². The van der Waals surface area contributed by atoms with Gasteiger partial charge in [-0.3, -0.25) is 0 Å². The Kier molecular flexibility index (Phi) is 5.57. The second kappa shape index (κ2) is 10.2. The second-order valence-corrected chi connectivity index (χ2v) is 14.0. The van der Waals surface area contributed by atoms with Crippen molar-refractivity contribution in [1.29, 1.82) is 0 Å². The molecule has 49 heavy (non-hydrogen) atoms. The van der Waals surface area contributed by atoms with E-state index < -0.39 is 0 Å². The predicted octanol–water partition coefficient (Wildman–Crippen LogP) is 13.1. The Labute approximate surface area is 286 Å². The molecule has 0 N–H and O–H groups in total. The molecule has 0 atom stereocenters. The lowest BCUT2D eigenvalue weighted by Gasteiger charge is -2.12. The number of para-hydroxylation sites is 3. The molecule has 0 saturated heterocycles. The van der Waals surface area contributed by atoms with E-state index in [4.69, 9.17) is 0 Å². The number of fused-ring (bicyclic) bond motifs is 11. The number of hydrogen-bond acceptors (Lipinski definition) is 1. The van der Waals surface area contributed by atoms with Gasteiger partial charge in [0, 0.05) is 53.1 Å². The van der Waals surface area contributed by atoms with Gasteiger partial charge in [0.2, 0.25) is 0 Å². The Morgan fingerprint density at radius 1 is 0.367 bits per heavy atom. The van der Waals surface area contributed by atoms with Gasteiger partial charge < -0.3 is 9.13 Å². The van der Waals surface area contributed by atoms with Gasteiger partial charge in [0.15, 0.2) is 0 Å². The molecule has 3 heterocycles. The van der Waals surface area contributed by atoms with Gasteiger partial charge in [0.25, 0.3) is 0 Å². The maximum atomic E-state index is 2.49. The quantitative estimate of drug-likeness (QED) is 0.182. The lowest BCUT2D eigenvalue weighted by Crippen LogP contribution is -1.94. The molecule has 0 saturated carbocycles. The average molecular weight is 641 g/mol. The summed E-state index contributed by atoms with van der Waals surface area (Å²) in [4.78, 5) is 0. The van der Waals surface area contributed by atoms with E-state index in [9.17, 15) is 0 Å². The first kappa shape index (κ1) is 26.9. The summed E-state index contributed by atoms with van der Waals surface area (Å²) in [7, 11) is 0. The van der Waals surface area contributed by atoms with Crippen molar-refractivity contribution in [2.45, 2.75) is 0 Å². The summed E-state index contributed by atoms with van der Waals surface area (Å²) in [5, 5.41) is 10.2. The van der Waals surface area contributed by atoms with Crippen LogP contribution in [0.2, 0.25) is 0 Å². The largest absolute Gasteiger partial charge is 0.309 e. The van der Waals surface area contributed by atoms with Gasteiger partial charge in [-0.05, 0) is 82.6 Å². The first-order valence-corrected chi connectivity index (χ1v) is 17.6. The van der Waals surface area contributed by atoms with Crippen LogP contribution in [0, 0.1) is 0 Å². The molecule has 0 aliphatic heterocycles. The molecule has 0 aliphatic rings. The Hall–Kier alpha value is -6.16. The number of hydrogen-bond donors (Lipinski definition) is 0. The number of rotatable bonds is 3. The Balaban J connectivity index is 1.26. The highest BCUT2D eigenvalue weighted by Gasteiger charge is 2.22. The van der Waals surface area contributed by atoms with Crippen LogP contribution in [0.5, 0.6) is 0 Å². The molecule has 8 aromatic carbocycles. The molecule has 0 unspecified atom stereocenters. The first-order valence-electron chi connectivity index (χ1n) is 16.8. The fraction of sp³-hybridized carbons (Fsp3) is 0. The molecular formula is C46H28N2S. The van der Waals surface area contributed by atoms with Crippen molar-refractivity contribution in [1.82, 2.24) is 9.13 Å². The molecule has 0 bridgehead atoms. The van der Waals surface area contributed by atoms with Crippen LogP contribution in [0.4, 0.5) is 0 Å². The highest BCUT2D eigenvalue weighted by molar-refractivity contribution is 7.26. The highest BCUT2D eigenvalue weighted by Crippen LogP contribution is 2.48. The number of aromatic nitrogens is 2. The van der Waals surface area contributed by atoms with Crippen LogP contribution < -0.4 is 0 Å². The van der Waals surface area contributed by atoms with Gasteiger partial charge in [0.1, 0.15) is 0 Å². The Bertz CT molecular complexity index is 3100. The fourth-order valence-electron chi connectivity index (χ4n) is 8.17. The van der Waals surface area contributed by atoms with Gasteiger partial charge in [-0.2, -0.15) is 0 Å². The van der Waals surface area contributed by atoms with E-state index in [0.29, 0.717) is 0 Å². The van der Waals surface area contributed by atoms with Crippen LogP contribution in [-0.4, -0.2) is 9.13 Å². The minimum Gasteiger partial charge on any atom is -0.309 e. The summed E-state index contributed by atoms with van der Waals surface area (Å²) in [6, 6.07) is 62.4. The molecule has 0 aliphatic carbocycles. The topological polar surface area (TPSA) is 9.86 Å². The molecule has 11 aromatic rings. The smallest absolute Gasteiger partial charge is 0.0640 e. The lowest BCUT2D eigenvalue weighted by molar-refractivity contribution is 1.19. The molecular weight excluding hydrogens is 613 g/mol. The van der Waals surface area contributed by atoms with Crippen molar-refractivity contribution in [2.24, 2.45) is 0 Å². The third-order valence-electron chi connectivity index (χ3n) is 10.3. The number of benzene rings is 8. The maximum Gasteiger partial charge on any atom is 0.0640 e. The minimum atomic E-state index is 1.18. The van der Waals surface area contributed by atoms with E-state index in [1.807, 2.05) is 11.3 Å². The van der Waals surface area contributed by atoms with Crippen LogP contribution in [0.1, 0.15) is 0 Å². The summed E-state index contributed by atoms with van der Waals surface area (Å²) >= 11 is 1.89. The average Bonchev–Trinajstić information content (AvgIpc) is 3.82. The molecule has 3 aromatic heterocycles. The van der Waals surface area contributed by atoms with Crippen molar-refractivity contribution < 1.29 is 0 Å².